The van der Waals surface area contributed by atoms with Gasteiger partial charge in [-0.15, -0.1) is 0 Å². The second kappa shape index (κ2) is 5.27. The van der Waals surface area contributed by atoms with Crippen LogP contribution in [-0.2, 0) is 0 Å². The van der Waals surface area contributed by atoms with Crippen LogP contribution in [0, 0.1) is 0 Å². The minimum Gasteiger partial charge on any atom is -0.305 e. The summed E-state index contributed by atoms with van der Waals surface area (Å²) in [6, 6.07) is 14.5. The van der Waals surface area contributed by atoms with E-state index in [1.165, 1.54) is 0 Å². The van der Waals surface area contributed by atoms with Gasteiger partial charge in [0.15, 0.2) is 0 Å². The molecule has 0 aliphatic heterocycles. The molecule has 0 radical (unpaired) electrons. The number of fused-ring (bicyclic) bond motifs is 1. The van der Waals surface area contributed by atoms with Crippen molar-refractivity contribution in [2.45, 2.75) is 0 Å². The summed E-state index contributed by atoms with van der Waals surface area (Å²) in [7, 11) is 0. The Labute approximate surface area is 120 Å². The highest BCUT2D eigenvalue weighted by atomic mass is 35.5. The standard InChI is InChI=1S/C15H10ClN3O/c16-14-11-6-2-1-5-10(11)9-12(18-14)15(20)19-13-7-3-4-8-17-13/h1-9H,(H,17,19,20). The van der Waals surface area contributed by atoms with Crippen molar-refractivity contribution in [3.05, 3.63) is 65.6 Å². The maximum atomic E-state index is 12.1. The van der Waals surface area contributed by atoms with Crippen molar-refractivity contribution in [1.29, 1.82) is 0 Å². The van der Waals surface area contributed by atoms with Crippen LogP contribution in [0.4, 0.5) is 5.82 Å². The van der Waals surface area contributed by atoms with E-state index in [9.17, 15) is 4.79 Å². The second-order valence-corrected chi connectivity index (χ2v) is 4.55. The molecule has 98 valence electrons. The molecule has 1 amide bonds. The molecule has 1 N–H and O–H groups in total. The maximum Gasteiger partial charge on any atom is 0.275 e. The van der Waals surface area contributed by atoms with E-state index in [-0.39, 0.29) is 11.6 Å². The molecule has 1 aromatic carbocycles. The van der Waals surface area contributed by atoms with Gasteiger partial charge in [0.1, 0.15) is 16.7 Å². The zero-order valence-corrected chi connectivity index (χ0v) is 11.1. The van der Waals surface area contributed by atoms with Crippen molar-refractivity contribution >= 4 is 34.1 Å². The number of aromatic nitrogens is 2. The van der Waals surface area contributed by atoms with Gasteiger partial charge in [0.25, 0.3) is 5.91 Å². The Morgan fingerprint density at radius 3 is 2.70 bits per heavy atom. The zero-order valence-electron chi connectivity index (χ0n) is 10.4. The van der Waals surface area contributed by atoms with Gasteiger partial charge >= 0.3 is 0 Å². The van der Waals surface area contributed by atoms with Crippen molar-refractivity contribution in [1.82, 2.24) is 9.97 Å². The number of rotatable bonds is 2. The third-order valence-electron chi connectivity index (χ3n) is 2.83. The fourth-order valence-electron chi connectivity index (χ4n) is 1.89. The first-order valence-electron chi connectivity index (χ1n) is 6.02. The van der Waals surface area contributed by atoms with Crippen molar-refractivity contribution in [2.75, 3.05) is 5.32 Å². The van der Waals surface area contributed by atoms with Crippen LogP contribution >= 0.6 is 11.6 Å². The second-order valence-electron chi connectivity index (χ2n) is 4.19. The lowest BCUT2D eigenvalue weighted by molar-refractivity contribution is 0.102. The van der Waals surface area contributed by atoms with Gasteiger partial charge in [-0.1, -0.05) is 41.9 Å². The van der Waals surface area contributed by atoms with Crippen LogP contribution in [0.25, 0.3) is 10.8 Å². The predicted octanol–water partition coefficient (Wildman–Crippen LogP) is 3.54. The topological polar surface area (TPSA) is 54.9 Å². The molecule has 0 atom stereocenters. The number of carbonyl (C=O) groups is 1. The number of carbonyl (C=O) groups excluding carboxylic acids is 1. The summed E-state index contributed by atoms with van der Waals surface area (Å²) < 4.78 is 0. The van der Waals surface area contributed by atoms with E-state index in [1.807, 2.05) is 24.3 Å². The van der Waals surface area contributed by atoms with E-state index in [0.29, 0.717) is 11.0 Å². The third kappa shape index (κ3) is 2.46. The molecule has 0 fully saturated rings. The van der Waals surface area contributed by atoms with Gasteiger partial charge in [-0.2, -0.15) is 0 Å². The van der Waals surface area contributed by atoms with Crippen molar-refractivity contribution in [2.24, 2.45) is 0 Å². The minimum atomic E-state index is -0.337. The minimum absolute atomic E-state index is 0.263. The lowest BCUT2D eigenvalue weighted by Gasteiger charge is -2.06. The Bertz CT molecular complexity index is 774. The lowest BCUT2D eigenvalue weighted by atomic mass is 10.1. The maximum absolute atomic E-state index is 12.1. The lowest BCUT2D eigenvalue weighted by Crippen LogP contribution is -2.14. The van der Waals surface area contributed by atoms with E-state index < -0.39 is 0 Å². The first-order chi connectivity index (χ1) is 9.74. The molecule has 0 aliphatic rings. The fourth-order valence-corrected chi connectivity index (χ4v) is 2.15. The molecule has 2 aromatic heterocycles. The summed E-state index contributed by atoms with van der Waals surface area (Å²) >= 11 is 6.10. The summed E-state index contributed by atoms with van der Waals surface area (Å²) in [5, 5.41) is 4.69. The Kier molecular flexibility index (Phi) is 3.31. The molecule has 0 spiro atoms. The molecule has 0 saturated carbocycles. The quantitative estimate of drug-likeness (QED) is 0.732. The van der Waals surface area contributed by atoms with E-state index in [1.54, 1.807) is 30.5 Å². The number of benzene rings is 1. The van der Waals surface area contributed by atoms with E-state index >= 15 is 0 Å². The third-order valence-corrected chi connectivity index (χ3v) is 3.12. The molecule has 0 unspecified atom stereocenters. The van der Waals surface area contributed by atoms with Crippen LogP contribution in [0.5, 0.6) is 0 Å². The molecule has 0 aliphatic carbocycles. The number of pyridine rings is 2. The van der Waals surface area contributed by atoms with E-state index in [0.717, 1.165) is 10.8 Å². The van der Waals surface area contributed by atoms with E-state index in [4.69, 9.17) is 11.6 Å². The Morgan fingerprint density at radius 1 is 1.10 bits per heavy atom. The number of hydrogen-bond acceptors (Lipinski definition) is 3. The normalized spacial score (nSPS) is 10.4. The number of hydrogen-bond donors (Lipinski definition) is 1. The first-order valence-corrected chi connectivity index (χ1v) is 6.39. The molecule has 20 heavy (non-hydrogen) atoms. The average molecular weight is 284 g/mol. The number of nitrogens with zero attached hydrogens (tertiary/aromatic N) is 2. The van der Waals surface area contributed by atoms with Crippen molar-refractivity contribution in [3.8, 4) is 0 Å². The summed E-state index contributed by atoms with van der Waals surface area (Å²) in [5.74, 6) is 0.139. The van der Waals surface area contributed by atoms with Crippen LogP contribution in [0.3, 0.4) is 0 Å². The molecule has 2 heterocycles. The van der Waals surface area contributed by atoms with Gasteiger partial charge in [-0.3, -0.25) is 4.79 Å². The van der Waals surface area contributed by atoms with Gasteiger partial charge in [0.2, 0.25) is 0 Å². The smallest absolute Gasteiger partial charge is 0.275 e. The molecular weight excluding hydrogens is 274 g/mol. The van der Waals surface area contributed by atoms with Gasteiger partial charge in [-0.05, 0) is 23.6 Å². The molecule has 5 heteroatoms. The number of halogens is 1. The van der Waals surface area contributed by atoms with Gasteiger partial charge in [0, 0.05) is 11.6 Å². The summed E-state index contributed by atoms with van der Waals surface area (Å²) in [6.07, 6.45) is 1.61. The average Bonchev–Trinajstić information content (AvgIpc) is 2.48. The zero-order chi connectivity index (χ0) is 13.9. The summed E-state index contributed by atoms with van der Waals surface area (Å²) in [6.45, 7) is 0. The Morgan fingerprint density at radius 2 is 1.90 bits per heavy atom. The highest BCUT2D eigenvalue weighted by molar-refractivity contribution is 6.34. The summed E-state index contributed by atoms with van der Waals surface area (Å²) in [5.41, 5.74) is 0.263. The van der Waals surface area contributed by atoms with Crippen molar-refractivity contribution < 1.29 is 4.79 Å². The van der Waals surface area contributed by atoms with Crippen molar-refractivity contribution in [3.63, 3.8) is 0 Å². The summed E-state index contributed by atoms with van der Waals surface area (Å²) in [4.78, 5) is 20.3. The first kappa shape index (κ1) is 12.6. The molecule has 0 saturated heterocycles. The Hall–Kier alpha value is -2.46. The highest BCUT2D eigenvalue weighted by Crippen LogP contribution is 2.22. The largest absolute Gasteiger partial charge is 0.305 e. The molecule has 3 aromatic rings. The van der Waals surface area contributed by atoms with Crippen LogP contribution in [-0.4, -0.2) is 15.9 Å². The molecule has 0 bridgehead atoms. The monoisotopic (exact) mass is 283 g/mol. The number of nitrogens with one attached hydrogen (secondary N) is 1. The molecular formula is C15H10ClN3O. The molecule has 3 rings (SSSR count). The van der Waals surface area contributed by atoms with Crippen LogP contribution < -0.4 is 5.32 Å². The number of anilines is 1. The SMILES string of the molecule is O=C(Nc1ccccn1)c1cc2ccccc2c(Cl)n1. The Balaban J connectivity index is 1.96. The van der Waals surface area contributed by atoms with Crippen LogP contribution in [0.15, 0.2) is 54.7 Å². The highest BCUT2D eigenvalue weighted by Gasteiger charge is 2.11. The van der Waals surface area contributed by atoms with Gasteiger partial charge in [-0.25, -0.2) is 9.97 Å². The van der Waals surface area contributed by atoms with Crippen LogP contribution in [0.1, 0.15) is 10.5 Å². The number of amides is 1. The van der Waals surface area contributed by atoms with Crippen LogP contribution in [0.2, 0.25) is 5.15 Å². The van der Waals surface area contributed by atoms with Gasteiger partial charge < -0.3 is 5.32 Å². The molecule has 4 nitrogen and oxygen atoms in total. The predicted molar refractivity (Wildman–Crippen MR) is 78.9 cm³/mol. The van der Waals surface area contributed by atoms with Gasteiger partial charge in [0.05, 0.1) is 0 Å². The fraction of sp³-hybridized carbons (Fsp3) is 0. The van der Waals surface area contributed by atoms with E-state index in [2.05, 4.69) is 15.3 Å².